The molecule has 0 aliphatic carbocycles. The Hall–Kier alpha value is -0.340. The van der Waals surface area contributed by atoms with E-state index in [1.54, 1.807) is 18.2 Å². The Bertz CT molecular complexity index is 336. The second-order valence-electron chi connectivity index (χ2n) is 3.16. The molecule has 0 fully saturated rings. The largest absolute Gasteiger partial charge is 0.294 e. The van der Waals surface area contributed by atoms with E-state index in [0.29, 0.717) is 11.4 Å². The summed E-state index contributed by atoms with van der Waals surface area (Å²) in [5.74, 6) is 0.184. The molecular formula is C11H12BrClO. The van der Waals surface area contributed by atoms with Gasteiger partial charge in [0.1, 0.15) is 0 Å². The number of rotatable bonds is 4. The molecule has 1 aromatic carbocycles. The molecule has 1 nitrogen and oxygen atoms in total. The van der Waals surface area contributed by atoms with Crippen molar-refractivity contribution in [1.29, 1.82) is 0 Å². The van der Waals surface area contributed by atoms with Crippen LogP contribution in [0.15, 0.2) is 22.7 Å². The summed E-state index contributed by atoms with van der Waals surface area (Å²) in [5.41, 5.74) is 0.731. The molecule has 0 saturated heterocycles. The lowest BCUT2D eigenvalue weighted by atomic mass is 10.1. The molecule has 0 amide bonds. The Morgan fingerprint density at radius 1 is 1.50 bits per heavy atom. The smallest absolute Gasteiger partial charge is 0.162 e. The molecule has 0 heterocycles. The van der Waals surface area contributed by atoms with Gasteiger partial charge in [0.05, 0.1) is 5.02 Å². The quantitative estimate of drug-likeness (QED) is 0.741. The zero-order valence-electron chi connectivity index (χ0n) is 8.02. The van der Waals surface area contributed by atoms with Crippen molar-refractivity contribution in [2.75, 3.05) is 0 Å². The molecule has 0 aliphatic heterocycles. The number of Topliss-reactive ketones (excluding diaryl/α,β-unsaturated/α-hetero) is 1. The minimum atomic E-state index is 0.184. The molecule has 0 radical (unpaired) electrons. The van der Waals surface area contributed by atoms with Crippen LogP contribution >= 0.6 is 27.5 Å². The van der Waals surface area contributed by atoms with Crippen molar-refractivity contribution in [1.82, 2.24) is 0 Å². The molecule has 1 aromatic rings. The molecule has 76 valence electrons. The van der Waals surface area contributed by atoms with Gasteiger partial charge in [-0.05, 0) is 40.5 Å². The highest BCUT2D eigenvalue weighted by Gasteiger charge is 2.06. The van der Waals surface area contributed by atoms with Crippen LogP contribution in [0.3, 0.4) is 0 Å². The molecule has 0 unspecified atom stereocenters. The van der Waals surface area contributed by atoms with E-state index < -0.39 is 0 Å². The number of hydrogen-bond acceptors (Lipinski definition) is 1. The maximum Gasteiger partial charge on any atom is 0.162 e. The first-order valence-corrected chi connectivity index (χ1v) is 5.80. The molecule has 0 aliphatic rings. The first-order valence-electron chi connectivity index (χ1n) is 4.63. The number of carbonyl (C=O) groups excluding carboxylic acids is 1. The minimum absolute atomic E-state index is 0.184. The van der Waals surface area contributed by atoms with Crippen LogP contribution in [0.5, 0.6) is 0 Å². The van der Waals surface area contributed by atoms with Crippen molar-refractivity contribution in [3.63, 3.8) is 0 Å². The standard InChI is InChI=1S/C11H12BrClO/c1-2-3-4-11(14)8-5-6-10(13)9(12)7-8/h5-7H,2-4H2,1H3. The van der Waals surface area contributed by atoms with Crippen molar-refractivity contribution in [3.8, 4) is 0 Å². The Kier molecular flexibility index (Phi) is 4.63. The van der Waals surface area contributed by atoms with Gasteiger partial charge >= 0.3 is 0 Å². The predicted octanol–water partition coefficient (Wildman–Crippen LogP) is 4.48. The third-order valence-electron chi connectivity index (χ3n) is 2.00. The van der Waals surface area contributed by atoms with Gasteiger partial charge in [-0.25, -0.2) is 0 Å². The van der Waals surface area contributed by atoms with Crippen LogP contribution in [-0.2, 0) is 0 Å². The molecule has 3 heteroatoms. The number of ketones is 1. The topological polar surface area (TPSA) is 17.1 Å². The predicted molar refractivity (Wildman–Crippen MR) is 63.0 cm³/mol. The fourth-order valence-electron chi connectivity index (χ4n) is 1.15. The Balaban J connectivity index is 2.76. The second-order valence-corrected chi connectivity index (χ2v) is 4.42. The molecule has 14 heavy (non-hydrogen) atoms. The number of benzene rings is 1. The zero-order chi connectivity index (χ0) is 10.6. The molecule has 0 spiro atoms. The van der Waals surface area contributed by atoms with E-state index in [1.165, 1.54) is 0 Å². The molecule has 0 aromatic heterocycles. The van der Waals surface area contributed by atoms with Gasteiger partial charge in [0.2, 0.25) is 0 Å². The first-order chi connectivity index (χ1) is 6.65. The van der Waals surface area contributed by atoms with E-state index in [0.717, 1.165) is 22.9 Å². The van der Waals surface area contributed by atoms with Crippen LogP contribution in [0, 0.1) is 0 Å². The van der Waals surface area contributed by atoms with Gasteiger partial charge in [0.25, 0.3) is 0 Å². The summed E-state index contributed by atoms with van der Waals surface area (Å²) in [7, 11) is 0. The highest BCUT2D eigenvalue weighted by atomic mass is 79.9. The van der Waals surface area contributed by atoms with Gasteiger partial charge in [-0.2, -0.15) is 0 Å². The molecule has 0 bridgehead atoms. The summed E-state index contributed by atoms with van der Waals surface area (Å²) < 4.78 is 0.779. The summed E-state index contributed by atoms with van der Waals surface area (Å²) >= 11 is 9.13. The molecule has 0 atom stereocenters. The Morgan fingerprint density at radius 3 is 2.79 bits per heavy atom. The van der Waals surface area contributed by atoms with Gasteiger partial charge in [0.15, 0.2) is 5.78 Å². The fraction of sp³-hybridized carbons (Fsp3) is 0.364. The normalized spacial score (nSPS) is 10.2. The highest BCUT2D eigenvalue weighted by molar-refractivity contribution is 9.10. The second kappa shape index (κ2) is 5.52. The van der Waals surface area contributed by atoms with Gasteiger partial charge in [0, 0.05) is 16.5 Å². The van der Waals surface area contributed by atoms with Gasteiger partial charge in [-0.1, -0.05) is 24.9 Å². The number of unbranched alkanes of at least 4 members (excludes halogenated alkanes) is 1. The lowest BCUT2D eigenvalue weighted by molar-refractivity contribution is 0.0979. The van der Waals surface area contributed by atoms with Gasteiger partial charge < -0.3 is 0 Å². The third-order valence-corrected chi connectivity index (χ3v) is 3.21. The van der Waals surface area contributed by atoms with Crippen molar-refractivity contribution < 1.29 is 4.79 Å². The SMILES string of the molecule is CCCCC(=O)c1ccc(Cl)c(Br)c1. The maximum atomic E-state index is 11.6. The maximum absolute atomic E-state index is 11.6. The van der Waals surface area contributed by atoms with Crippen LogP contribution in [0.4, 0.5) is 0 Å². The lowest BCUT2D eigenvalue weighted by Gasteiger charge is -2.01. The van der Waals surface area contributed by atoms with Crippen molar-refractivity contribution in [3.05, 3.63) is 33.3 Å². The first kappa shape index (κ1) is 11.7. The minimum Gasteiger partial charge on any atom is -0.294 e. The lowest BCUT2D eigenvalue weighted by Crippen LogP contribution is -1.98. The monoisotopic (exact) mass is 274 g/mol. The number of hydrogen-bond donors (Lipinski definition) is 0. The summed E-state index contributed by atoms with van der Waals surface area (Å²) in [4.78, 5) is 11.6. The van der Waals surface area contributed by atoms with E-state index in [-0.39, 0.29) is 5.78 Å². The number of halogens is 2. The molecular weight excluding hydrogens is 263 g/mol. The van der Waals surface area contributed by atoms with E-state index in [1.807, 2.05) is 0 Å². The van der Waals surface area contributed by atoms with Crippen molar-refractivity contribution in [2.24, 2.45) is 0 Å². The third kappa shape index (κ3) is 3.10. The van der Waals surface area contributed by atoms with Crippen molar-refractivity contribution >= 4 is 33.3 Å². The molecule has 0 saturated carbocycles. The Labute approximate surface area is 97.6 Å². The van der Waals surface area contributed by atoms with E-state index in [2.05, 4.69) is 22.9 Å². The van der Waals surface area contributed by atoms with Crippen LogP contribution in [0.25, 0.3) is 0 Å². The number of carbonyl (C=O) groups is 1. The molecule has 0 N–H and O–H groups in total. The van der Waals surface area contributed by atoms with Gasteiger partial charge in [-0.3, -0.25) is 4.79 Å². The summed E-state index contributed by atoms with van der Waals surface area (Å²) in [6.45, 7) is 2.07. The van der Waals surface area contributed by atoms with E-state index in [9.17, 15) is 4.79 Å². The summed E-state index contributed by atoms with van der Waals surface area (Å²) in [5, 5.41) is 0.636. The zero-order valence-corrected chi connectivity index (χ0v) is 10.4. The average Bonchev–Trinajstić information content (AvgIpc) is 2.18. The van der Waals surface area contributed by atoms with E-state index >= 15 is 0 Å². The average molecular weight is 276 g/mol. The van der Waals surface area contributed by atoms with Gasteiger partial charge in [-0.15, -0.1) is 0 Å². The van der Waals surface area contributed by atoms with Crippen LogP contribution in [0.1, 0.15) is 36.5 Å². The fourth-order valence-corrected chi connectivity index (χ4v) is 1.65. The summed E-state index contributed by atoms with van der Waals surface area (Å²) in [6.07, 6.45) is 2.60. The van der Waals surface area contributed by atoms with Crippen molar-refractivity contribution in [2.45, 2.75) is 26.2 Å². The summed E-state index contributed by atoms with van der Waals surface area (Å²) in [6, 6.07) is 5.29. The van der Waals surface area contributed by atoms with Crippen LogP contribution in [-0.4, -0.2) is 5.78 Å². The molecule has 1 rings (SSSR count). The van der Waals surface area contributed by atoms with Crippen LogP contribution in [0.2, 0.25) is 5.02 Å². The van der Waals surface area contributed by atoms with E-state index in [4.69, 9.17) is 11.6 Å². The van der Waals surface area contributed by atoms with Crippen LogP contribution < -0.4 is 0 Å². The Morgan fingerprint density at radius 2 is 2.21 bits per heavy atom. The highest BCUT2D eigenvalue weighted by Crippen LogP contribution is 2.23.